The summed E-state index contributed by atoms with van der Waals surface area (Å²) in [5.41, 5.74) is 7.59. The van der Waals surface area contributed by atoms with Crippen molar-refractivity contribution in [3.05, 3.63) is 96.5 Å². The first-order valence-electron chi connectivity index (χ1n) is 12.0. The Morgan fingerprint density at radius 1 is 1.16 bits per heavy atom. The first-order chi connectivity index (χ1) is 18.4. The summed E-state index contributed by atoms with van der Waals surface area (Å²) in [5, 5.41) is 12.7. The van der Waals surface area contributed by atoms with Crippen molar-refractivity contribution in [3.8, 4) is 21.8 Å². The maximum atomic E-state index is 13.7. The van der Waals surface area contributed by atoms with Crippen molar-refractivity contribution in [2.24, 2.45) is 0 Å². The summed E-state index contributed by atoms with van der Waals surface area (Å²) in [6.07, 6.45) is 11.1. The van der Waals surface area contributed by atoms with Crippen LogP contribution in [0.15, 0.2) is 85.6 Å². The number of hydrogen-bond acceptors (Lipinski definition) is 6. The van der Waals surface area contributed by atoms with Gasteiger partial charge in [-0.25, -0.2) is 0 Å². The summed E-state index contributed by atoms with van der Waals surface area (Å²) in [4.78, 5) is 15.3. The Hall–Kier alpha value is -4.34. The highest BCUT2D eigenvalue weighted by Gasteiger charge is 2.16. The van der Waals surface area contributed by atoms with Crippen LogP contribution in [0.25, 0.3) is 49.2 Å². The van der Waals surface area contributed by atoms with Gasteiger partial charge in [-0.2, -0.15) is 9.49 Å². The van der Waals surface area contributed by atoms with Crippen molar-refractivity contribution >= 4 is 38.7 Å². The Morgan fingerprint density at radius 2 is 2.00 bits per heavy atom. The molecule has 0 amide bonds. The monoisotopic (exact) mass is 525 g/mol. The number of aromatic amines is 2. The molecule has 3 N–H and O–H groups in total. The topological polar surface area (TPSA) is 85.5 Å². The number of aromatic nitrogens is 5. The average Bonchev–Trinajstić information content (AvgIpc) is 3.63. The summed E-state index contributed by atoms with van der Waals surface area (Å²) >= 11 is 1.10. The lowest BCUT2D eigenvalue weighted by Crippen LogP contribution is -2.23. The third-order valence-corrected chi connectivity index (χ3v) is 6.96. The summed E-state index contributed by atoms with van der Waals surface area (Å²) < 4.78 is 13.7. The normalized spacial score (nSPS) is 12.6. The number of halogens is 1. The number of H-pyrrole nitrogens is 2. The number of fused-ring (bicyclic) bond motifs is 2. The minimum atomic E-state index is -0.225. The molecule has 0 aliphatic rings. The average molecular weight is 526 g/mol. The third kappa shape index (κ3) is 5.06. The van der Waals surface area contributed by atoms with Crippen molar-refractivity contribution in [2.45, 2.75) is 6.92 Å². The largest absolute Gasteiger partial charge is 0.358 e. The zero-order chi connectivity index (χ0) is 26.8. The van der Waals surface area contributed by atoms with Gasteiger partial charge < -0.3 is 15.2 Å². The van der Waals surface area contributed by atoms with Crippen LogP contribution in [0.1, 0.15) is 12.6 Å². The first kappa shape index (κ1) is 25.3. The molecule has 9 heteroatoms. The number of rotatable bonds is 9. The van der Waals surface area contributed by atoms with Crippen molar-refractivity contribution in [1.29, 1.82) is 0 Å². The van der Waals surface area contributed by atoms with Crippen LogP contribution in [0.3, 0.4) is 0 Å². The Labute approximate surface area is 224 Å². The second-order valence-corrected chi connectivity index (χ2v) is 10.2. The number of thiophene rings is 1. The predicted molar refractivity (Wildman–Crippen MR) is 155 cm³/mol. The molecule has 0 atom stereocenters. The van der Waals surface area contributed by atoms with E-state index in [-0.39, 0.29) is 5.13 Å². The second kappa shape index (κ2) is 10.6. The fourth-order valence-corrected chi connectivity index (χ4v) is 5.11. The number of hydrogen-bond donors (Lipinski definition) is 3. The van der Waals surface area contributed by atoms with Gasteiger partial charge in [-0.3, -0.25) is 15.1 Å². The molecule has 0 unspecified atom stereocenters. The van der Waals surface area contributed by atoms with Gasteiger partial charge in [-0.15, -0.1) is 11.3 Å². The van der Waals surface area contributed by atoms with Crippen LogP contribution in [0.2, 0.25) is 0 Å². The van der Waals surface area contributed by atoms with Gasteiger partial charge in [-0.1, -0.05) is 19.2 Å². The highest BCUT2D eigenvalue weighted by molar-refractivity contribution is 7.14. The molecule has 0 saturated carbocycles. The van der Waals surface area contributed by atoms with E-state index in [0.29, 0.717) is 6.54 Å². The number of allylic oxidation sites excluding steroid dienone is 4. The van der Waals surface area contributed by atoms with Crippen LogP contribution in [0.5, 0.6) is 0 Å². The van der Waals surface area contributed by atoms with Crippen LogP contribution in [-0.4, -0.2) is 50.7 Å². The van der Waals surface area contributed by atoms with E-state index in [1.807, 2.05) is 50.2 Å². The molecule has 5 heterocycles. The zero-order valence-electron chi connectivity index (χ0n) is 21.5. The van der Waals surface area contributed by atoms with Gasteiger partial charge in [0.05, 0.1) is 34.8 Å². The van der Waals surface area contributed by atoms with Crippen LogP contribution in [0.4, 0.5) is 4.39 Å². The lowest BCUT2D eigenvalue weighted by molar-refractivity contribution is 0.438. The first-order valence-corrected chi connectivity index (χ1v) is 12.8. The Bertz CT molecular complexity index is 1720. The smallest absolute Gasteiger partial charge is 0.176 e. The van der Waals surface area contributed by atoms with Gasteiger partial charge in [0.1, 0.15) is 5.69 Å². The lowest BCUT2D eigenvalue weighted by Gasteiger charge is -2.15. The van der Waals surface area contributed by atoms with E-state index in [4.69, 9.17) is 0 Å². The molecule has 5 rings (SSSR count). The molecule has 0 fully saturated rings. The van der Waals surface area contributed by atoms with E-state index in [2.05, 4.69) is 43.6 Å². The number of pyridine rings is 2. The molecule has 0 aliphatic heterocycles. The molecule has 0 aromatic carbocycles. The fraction of sp³-hybridized carbons (Fsp3) is 0.138. The maximum absolute atomic E-state index is 13.7. The molecule has 192 valence electrons. The van der Waals surface area contributed by atoms with E-state index in [1.54, 1.807) is 30.7 Å². The quantitative estimate of drug-likeness (QED) is 0.191. The van der Waals surface area contributed by atoms with Gasteiger partial charge >= 0.3 is 0 Å². The van der Waals surface area contributed by atoms with Crippen LogP contribution in [-0.2, 0) is 0 Å². The molecule has 0 spiro atoms. The summed E-state index contributed by atoms with van der Waals surface area (Å²) in [7, 11) is 3.99. The molecule has 38 heavy (non-hydrogen) atoms. The third-order valence-electron chi connectivity index (χ3n) is 6.05. The van der Waals surface area contributed by atoms with Crippen LogP contribution < -0.4 is 5.32 Å². The Kier molecular flexibility index (Phi) is 7.04. The van der Waals surface area contributed by atoms with Gasteiger partial charge in [0.25, 0.3) is 0 Å². The van der Waals surface area contributed by atoms with E-state index in [9.17, 15) is 4.39 Å². The molecule has 5 aromatic heterocycles. The molecule has 0 aliphatic carbocycles. The van der Waals surface area contributed by atoms with Crippen LogP contribution in [0, 0.1) is 5.13 Å². The van der Waals surface area contributed by atoms with Gasteiger partial charge in [-0.05, 0) is 63.0 Å². The van der Waals surface area contributed by atoms with E-state index in [0.717, 1.165) is 77.6 Å². The van der Waals surface area contributed by atoms with Crippen molar-refractivity contribution < 1.29 is 4.39 Å². The van der Waals surface area contributed by atoms with E-state index < -0.39 is 0 Å². The SMILES string of the molecule is C=C/C(=C\C(=C/C)c1cc2c(-c3cc4c(-c5ccc(F)s5)cncc4[nH]3)n[nH]c2cn1)NC(=C)CN(C)C. The molecule has 7 nitrogen and oxygen atoms in total. The standard InChI is InChI=1S/C29H28FN7S/c1-6-18(10-19(7-2)33-17(3)16-37(4)5)23-12-21-26(15-32-23)35-36-29(21)24-11-20-22(13-31-14-25(20)34-24)27-8-9-28(30)38-27/h6-15,33-34H,2-3,16H2,1,4-5H3,(H,35,36)/b18-6+,19-10+. The minimum absolute atomic E-state index is 0.225. The maximum Gasteiger partial charge on any atom is 0.176 e. The zero-order valence-corrected chi connectivity index (χ0v) is 22.3. The summed E-state index contributed by atoms with van der Waals surface area (Å²) in [5.74, 6) is 0. The van der Waals surface area contributed by atoms with Gasteiger partial charge in [0.2, 0.25) is 0 Å². The second-order valence-electron chi connectivity index (χ2n) is 9.14. The van der Waals surface area contributed by atoms with Crippen molar-refractivity contribution in [2.75, 3.05) is 20.6 Å². The Morgan fingerprint density at radius 3 is 2.71 bits per heavy atom. The summed E-state index contributed by atoms with van der Waals surface area (Å²) in [6.45, 7) is 10.7. The van der Waals surface area contributed by atoms with E-state index in [1.165, 1.54) is 6.07 Å². The minimum Gasteiger partial charge on any atom is -0.358 e. The Balaban J connectivity index is 1.52. The van der Waals surface area contributed by atoms with Crippen molar-refractivity contribution in [3.63, 3.8) is 0 Å². The molecule has 0 bridgehead atoms. The fourth-order valence-electron chi connectivity index (χ4n) is 4.36. The van der Waals surface area contributed by atoms with Gasteiger partial charge in [0.15, 0.2) is 5.13 Å². The van der Waals surface area contributed by atoms with Crippen molar-refractivity contribution in [1.82, 2.24) is 35.4 Å². The lowest BCUT2D eigenvalue weighted by atomic mass is 10.1. The molecule has 0 saturated heterocycles. The van der Waals surface area contributed by atoms with Crippen LogP contribution >= 0.6 is 11.3 Å². The molecule has 0 radical (unpaired) electrons. The van der Waals surface area contributed by atoms with Gasteiger partial charge in [0, 0.05) is 45.3 Å². The molecule has 5 aromatic rings. The molecular formula is C29H28FN7S. The predicted octanol–water partition coefficient (Wildman–Crippen LogP) is 6.51. The number of nitrogens with one attached hydrogen (secondary N) is 3. The number of nitrogens with zero attached hydrogens (tertiary/aromatic N) is 4. The summed E-state index contributed by atoms with van der Waals surface area (Å²) in [6, 6.07) is 7.31. The molecular weight excluding hydrogens is 497 g/mol. The number of likely N-dealkylation sites (N-methyl/N-ethyl adjacent to an activating group) is 1. The van der Waals surface area contributed by atoms with E-state index >= 15 is 0 Å². The highest BCUT2D eigenvalue weighted by atomic mass is 32.1. The highest BCUT2D eigenvalue weighted by Crippen LogP contribution is 2.36.